The van der Waals surface area contributed by atoms with Gasteiger partial charge in [0, 0.05) is 6.42 Å². The zero-order valence-electron chi connectivity index (χ0n) is 10.1. The molecular weight excluding hydrogens is 224 g/mol. The molecule has 0 bridgehead atoms. The van der Waals surface area contributed by atoms with E-state index in [9.17, 15) is 9.59 Å². The Morgan fingerprint density at radius 1 is 1.53 bits per heavy atom. The summed E-state index contributed by atoms with van der Waals surface area (Å²) in [5.41, 5.74) is 2.84. The van der Waals surface area contributed by atoms with Crippen molar-refractivity contribution in [1.29, 1.82) is 0 Å². The van der Waals surface area contributed by atoms with Crippen LogP contribution in [0.2, 0.25) is 0 Å². The summed E-state index contributed by atoms with van der Waals surface area (Å²) in [6, 6.07) is 0. The third kappa shape index (κ3) is 7.93. The van der Waals surface area contributed by atoms with E-state index in [4.69, 9.17) is 9.90 Å². The summed E-state index contributed by atoms with van der Waals surface area (Å²) in [6.45, 7) is 6.31. The Bertz CT molecular complexity index is 379. The Labute approximate surface area is 99.4 Å². The Kier molecular flexibility index (Phi) is 5.85. The number of carbonyl (C=O) groups is 2. The number of ketones is 1. The number of hydrazone groups is 1. The number of nitrogens with one attached hydrogen (secondary N) is 1. The van der Waals surface area contributed by atoms with Gasteiger partial charge in [-0.15, -0.1) is 0 Å². The second-order valence-corrected chi connectivity index (χ2v) is 4.59. The number of allylic oxidation sites excluding steroid dienone is 2. The summed E-state index contributed by atoms with van der Waals surface area (Å²) in [5, 5.41) is 10.2. The van der Waals surface area contributed by atoms with Crippen LogP contribution in [-0.2, 0) is 9.59 Å². The maximum atomic E-state index is 11.0. The average Bonchev–Trinajstić information content (AvgIpc) is 2.11. The Hall–Kier alpha value is -1.94. The largest absolute Gasteiger partial charge is 0.464 e. The third-order valence-electron chi connectivity index (χ3n) is 2.01. The Morgan fingerprint density at radius 3 is 2.41 bits per heavy atom. The van der Waals surface area contributed by atoms with Crippen molar-refractivity contribution in [2.75, 3.05) is 0 Å². The number of carboxylic acid groups (broad SMARTS) is 1. The zero-order valence-corrected chi connectivity index (χ0v) is 10.1. The SMILES string of the molecule is CC1=CC(=O)CC(C)(C)C1.O=C=NNC(=O)O. The van der Waals surface area contributed by atoms with Gasteiger partial charge in [0.05, 0.1) is 0 Å². The van der Waals surface area contributed by atoms with Crippen molar-refractivity contribution < 1.29 is 19.5 Å². The standard InChI is InChI=1S/C9H14O.C2H2N2O3/c1-7-4-8(10)6-9(2,3)5-7;5-1-3-4-2(6)7/h4H,5-6H2,1-3H3;4H,(H,6,7). The third-order valence-corrected chi connectivity index (χ3v) is 2.01. The summed E-state index contributed by atoms with van der Waals surface area (Å²) in [5.74, 6) is 0.286. The first kappa shape index (κ1) is 15.1. The van der Waals surface area contributed by atoms with Gasteiger partial charge in [-0.25, -0.2) is 15.0 Å². The summed E-state index contributed by atoms with van der Waals surface area (Å²) >= 11 is 0. The molecule has 1 rings (SSSR count). The van der Waals surface area contributed by atoms with Crippen molar-refractivity contribution >= 4 is 18.0 Å². The minimum atomic E-state index is -1.37. The highest BCUT2D eigenvalue weighted by Gasteiger charge is 2.25. The van der Waals surface area contributed by atoms with Crippen molar-refractivity contribution in [1.82, 2.24) is 5.43 Å². The van der Waals surface area contributed by atoms with Crippen LogP contribution >= 0.6 is 0 Å². The summed E-state index contributed by atoms with van der Waals surface area (Å²) in [6.07, 6.45) is 3.16. The van der Waals surface area contributed by atoms with Gasteiger partial charge in [-0.05, 0) is 24.8 Å². The molecule has 0 radical (unpaired) electrons. The second kappa shape index (κ2) is 6.60. The van der Waals surface area contributed by atoms with Crippen LogP contribution < -0.4 is 5.43 Å². The van der Waals surface area contributed by atoms with Crippen LogP contribution in [-0.4, -0.2) is 23.1 Å². The number of nitrogens with zero attached hydrogens (tertiary/aromatic N) is 1. The lowest BCUT2D eigenvalue weighted by Gasteiger charge is -2.27. The number of hydrogen-bond donors (Lipinski definition) is 2. The van der Waals surface area contributed by atoms with Crippen LogP contribution in [0.5, 0.6) is 0 Å². The van der Waals surface area contributed by atoms with E-state index in [-0.39, 0.29) is 11.2 Å². The van der Waals surface area contributed by atoms with Gasteiger partial charge < -0.3 is 5.11 Å². The highest BCUT2D eigenvalue weighted by atomic mass is 16.4. The molecule has 0 heterocycles. The summed E-state index contributed by atoms with van der Waals surface area (Å²) < 4.78 is 0. The fourth-order valence-corrected chi connectivity index (χ4v) is 1.74. The van der Waals surface area contributed by atoms with Crippen LogP contribution in [0, 0.1) is 5.41 Å². The highest BCUT2D eigenvalue weighted by Crippen LogP contribution is 2.32. The van der Waals surface area contributed by atoms with Gasteiger partial charge in [0.25, 0.3) is 6.08 Å². The van der Waals surface area contributed by atoms with E-state index in [1.54, 1.807) is 6.08 Å². The minimum absolute atomic E-state index is 0.204. The van der Waals surface area contributed by atoms with E-state index < -0.39 is 6.09 Å². The first-order chi connectivity index (χ1) is 7.76. The lowest BCUT2D eigenvalue weighted by molar-refractivity contribution is -0.117. The van der Waals surface area contributed by atoms with Gasteiger partial charge >= 0.3 is 6.09 Å². The number of amides is 1. The van der Waals surface area contributed by atoms with Crippen LogP contribution in [0.3, 0.4) is 0 Å². The summed E-state index contributed by atoms with van der Waals surface area (Å²) in [7, 11) is 0. The molecule has 6 heteroatoms. The first-order valence-electron chi connectivity index (χ1n) is 5.02. The Balaban J connectivity index is 0.000000325. The minimum Gasteiger partial charge on any atom is -0.464 e. The highest BCUT2D eigenvalue weighted by molar-refractivity contribution is 5.91. The normalized spacial score (nSPS) is 16.9. The molecule has 0 aliphatic heterocycles. The molecule has 1 aliphatic rings. The van der Waals surface area contributed by atoms with E-state index in [0.29, 0.717) is 6.42 Å². The Morgan fingerprint density at radius 2 is 2.12 bits per heavy atom. The quantitative estimate of drug-likeness (QED) is 0.415. The number of isocyanates is 1. The molecule has 0 aromatic rings. The molecule has 0 aromatic heterocycles. The lowest BCUT2D eigenvalue weighted by atomic mass is 9.77. The predicted octanol–water partition coefficient (Wildman–Crippen LogP) is 1.83. The van der Waals surface area contributed by atoms with Crippen molar-refractivity contribution in [2.45, 2.75) is 33.6 Å². The summed E-state index contributed by atoms with van der Waals surface area (Å²) in [4.78, 5) is 29.5. The van der Waals surface area contributed by atoms with Crippen LogP contribution in [0.25, 0.3) is 0 Å². The number of rotatable bonds is 1. The predicted molar refractivity (Wildman–Crippen MR) is 61.1 cm³/mol. The first-order valence-corrected chi connectivity index (χ1v) is 5.02. The molecule has 0 atom stereocenters. The average molecular weight is 240 g/mol. The van der Waals surface area contributed by atoms with Crippen LogP contribution in [0.15, 0.2) is 16.8 Å². The molecule has 0 saturated carbocycles. The van der Waals surface area contributed by atoms with Crippen molar-refractivity contribution in [3.8, 4) is 0 Å². The van der Waals surface area contributed by atoms with Gasteiger partial charge in [0.1, 0.15) is 0 Å². The molecule has 6 nitrogen and oxygen atoms in total. The molecule has 1 amide bonds. The smallest absolute Gasteiger partial charge is 0.425 e. The van der Waals surface area contributed by atoms with Crippen LogP contribution in [0.4, 0.5) is 4.79 Å². The second-order valence-electron chi connectivity index (χ2n) is 4.59. The van der Waals surface area contributed by atoms with E-state index in [1.807, 2.05) is 6.92 Å². The van der Waals surface area contributed by atoms with Gasteiger partial charge in [-0.2, -0.15) is 0 Å². The zero-order chi connectivity index (χ0) is 13.5. The molecule has 94 valence electrons. The van der Waals surface area contributed by atoms with Crippen molar-refractivity contribution in [3.63, 3.8) is 0 Å². The topological polar surface area (TPSA) is 95.8 Å². The fraction of sp³-hybridized carbons (Fsp3) is 0.545. The maximum Gasteiger partial charge on any atom is 0.425 e. The lowest BCUT2D eigenvalue weighted by Crippen LogP contribution is -2.20. The molecular formula is C11H16N2O4. The van der Waals surface area contributed by atoms with Crippen molar-refractivity contribution in [3.05, 3.63) is 11.6 Å². The van der Waals surface area contributed by atoms with E-state index in [0.717, 1.165) is 12.5 Å². The fourth-order valence-electron chi connectivity index (χ4n) is 1.74. The number of hydrogen-bond acceptors (Lipinski definition) is 4. The molecule has 1 aliphatic carbocycles. The molecule has 0 spiro atoms. The van der Waals surface area contributed by atoms with Gasteiger partial charge in [0.2, 0.25) is 0 Å². The molecule has 0 unspecified atom stereocenters. The van der Waals surface area contributed by atoms with Crippen LogP contribution in [0.1, 0.15) is 33.6 Å². The van der Waals surface area contributed by atoms with Gasteiger partial charge in [-0.3, -0.25) is 4.79 Å². The van der Waals surface area contributed by atoms with E-state index >= 15 is 0 Å². The van der Waals surface area contributed by atoms with Gasteiger partial charge in [-0.1, -0.05) is 24.5 Å². The van der Waals surface area contributed by atoms with Gasteiger partial charge in [0.15, 0.2) is 5.78 Å². The van der Waals surface area contributed by atoms with E-state index in [1.165, 1.54) is 11.0 Å². The van der Waals surface area contributed by atoms with E-state index in [2.05, 4.69) is 18.9 Å². The molecule has 17 heavy (non-hydrogen) atoms. The molecule has 2 N–H and O–H groups in total. The monoisotopic (exact) mass is 240 g/mol. The maximum absolute atomic E-state index is 11.0. The number of carbonyl (C=O) groups excluding carboxylic acids is 2. The molecule has 0 fully saturated rings. The van der Waals surface area contributed by atoms with Crippen molar-refractivity contribution in [2.24, 2.45) is 10.5 Å². The molecule has 0 saturated heterocycles. The molecule has 0 aromatic carbocycles.